The lowest BCUT2D eigenvalue weighted by Crippen LogP contribution is -2.40. The minimum atomic E-state index is -4.97. The molecule has 6 aromatic carbocycles. The molecule has 2 heterocycles. The topological polar surface area (TPSA) is 185 Å². The van der Waals surface area contributed by atoms with E-state index in [1.54, 1.807) is 84.1 Å². The highest BCUT2D eigenvalue weighted by Crippen LogP contribution is 2.34. The molecule has 2 aliphatic heterocycles. The minimum absolute atomic E-state index is 0. The van der Waals surface area contributed by atoms with Crippen LogP contribution in [-0.4, -0.2) is 82.1 Å². The van der Waals surface area contributed by atoms with E-state index in [2.05, 4.69) is 39.6 Å². The number of nitrogens with one attached hydrogen (secondary N) is 4. The van der Waals surface area contributed by atoms with Crippen LogP contribution in [0.2, 0.25) is 0 Å². The Balaban J connectivity index is 0.000000309. The van der Waals surface area contributed by atoms with Gasteiger partial charge in [0, 0.05) is 79.2 Å². The summed E-state index contributed by atoms with van der Waals surface area (Å²) >= 11 is 0. The lowest BCUT2D eigenvalue weighted by Gasteiger charge is -2.26. The second kappa shape index (κ2) is 28.7. The predicted octanol–water partition coefficient (Wildman–Crippen LogP) is 8.30. The quantitative estimate of drug-likeness (QED) is 0.0615. The fourth-order valence-electron chi connectivity index (χ4n) is 8.48. The zero-order valence-corrected chi connectivity index (χ0v) is 43.6. The van der Waals surface area contributed by atoms with E-state index in [-0.39, 0.29) is 76.4 Å². The molecular weight excluding hydrogens is 1030 g/mol. The summed E-state index contributed by atoms with van der Waals surface area (Å²) in [5, 5.41) is 10.2. The first-order valence-electron chi connectivity index (χ1n) is 25.3. The molecule has 0 spiro atoms. The zero-order valence-electron chi connectivity index (χ0n) is 43.6. The Labute approximate surface area is 463 Å². The SMILES string of the molecule is C.CCNC(=O)COc1ccc(C(NC(=O)CCC(=O)NCCC(=O)N2Cc3ccccc3C#Cc3ccccc32)c2ccc(OC)cc2OC)cc1.O=C(CCNC(=O)C(F)(F)F)N1Cc2ccccc2C#Cc2ccccc21. The monoisotopic (exact) mass is 1090 g/mol. The Morgan fingerprint density at radius 2 is 1.05 bits per heavy atom. The number of anilines is 2. The molecule has 1 atom stereocenters. The van der Waals surface area contributed by atoms with Crippen LogP contribution in [0.1, 0.15) is 90.6 Å². The van der Waals surface area contributed by atoms with E-state index < -0.39 is 30.6 Å². The molecule has 8 rings (SSSR count). The van der Waals surface area contributed by atoms with Gasteiger partial charge in [-0.05, 0) is 84.3 Å². The third kappa shape index (κ3) is 16.2. The molecule has 0 saturated carbocycles. The molecule has 6 aromatic rings. The average Bonchev–Trinajstić information content (AvgIpc) is 3.46. The first-order valence-corrected chi connectivity index (χ1v) is 25.3. The number of benzene rings is 6. The van der Waals surface area contributed by atoms with Gasteiger partial charge < -0.3 is 45.3 Å². The lowest BCUT2D eigenvalue weighted by molar-refractivity contribution is -0.173. The van der Waals surface area contributed by atoms with E-state index in [9.17, 15) is 41.9 Å². The summed E-state index contributed by atoms with van der Waals surface area (Å²) in [5.41, 5.74) is 7.56. The largest absolute Gasteiger partial charge is 0.497 e. The number of amides is 6. The summed E-state index contributed by atoms with van der Waals surface area (Å²) in [6, 6.07) is 41.4. The number of para-hydroxylation sites is 2. The van der Waals surface area contributed by atoms with E-state index >= 15 is 0 Å². The number of rotatable bonds is 18. The maximum absolute atomic E-state index is 13.5. The normalized spacial score (nSPS) is 12.0. The summed E-state index contributed by atoms with van der Waals surface area (Å²) in [6.07, 6.45) is -5.31. The molecule has 0 fully saturated rings. The molecule has 0 aromatic heterocycles. The number of nitrogens with zero attached hydrogens (tertiary/aromatic N) is 2. The van der Waals surface area contributed by atoms with Crippen LogP contribution in [-0.2, 0) is 41.9 Å². The van der Waals surface area contributed by atoms with Crippen molar-refractivity contribution in [1.82, 2.24) is 21.3 Å². The molecule has 1 unspecified atom stereocenters. The van der Waals surface area contributed by atoms with Crippen LogP contribution < -0.4 is 45.3 Å². The van der Waals surface area contributed by atoms with Crippen molar-refractivity contribution in [3.63, 3.8) is 0 Å². The number of halogens is 3. The number of methoxy groups -OCH3 is 2. The number of likely N-dealkylation sites (N-methyl/N-ethyl adjacent to an activating group) is 1. The van der Waals surface area contributed by atoms with E-state index in [0.29, 0.717) is 47.2 Å². The molecule has 15 nitrogen and oxygen atoms in total. The number of fused-ring (bicyclic) bond motifs is 4. The molecule has 0 aliphatic carbocycles. The van der Waals surface area contributed by atoms with Gasteiger partial charge in [0.15, 0.2) is 6.61 Å². The number of ether oxygens (including phenoxy) is 3. The van der Waals surface area contributed by atoms with Crippen molar-refractivity contribution in [1.29, 1.82) is 0 Å². The summed E-state index contributed by atoms with van der Waals surface area (Å²) in [6.45, 7) is 2.54. The molecule has 80 heavy (non-hydrogen) atoms. The van der Waals surface area contributed by atoms with Gasteiger partial charge in [-0.1, -0.05) is 104 Å². The zero-order chi connectivity index (χ0) is 56.3. The molecule has 6 amide bonds. The number of hydrogen-bond donors (Lipinski definition) is 4. The molecule has 0 radical (unpaired) electrons. The van der Waals surface area contributed by atoms with E-state index in [1.165, 1.54) is 12.0 Å². The van der Waals surface area contributed by atoms with Gasteiger partial charge in [-0.25, -0.2) is 0 Å². The average molecular weight is 1090 g/mol. The summed E-state index contributed by atoms with van der Waals surface area (Å²) < 4.78 is 53.4. The molecule has 414 valence electrons. The highest BCUT2D eigenvalue weighted by Gasteiger charge is 2.38. The predicted molar refractivity (Wildman–Crippen MR) is 298 cm³/mol. The number of hydrogen-bond acceptors (Lipinski definition) is 9. The van der Waals surface area contributed by atoms with Crippen LogP contribution in [0.3, 0.4) is 0 Å². The van der Waals surface area contributed by atoms with Crippen LogP contribution in [0.25, 0.3) is 0 Å². The molecular formula is C62H61F3N6O9. The van der Waals surface area contributed by atoms with Gasteiger partial charge in [0.1, 0.15) is 17.2 Å². The molecule has 4 N–H and O–H groups in total. The fourth-order valence-corrected chi connectivity index (χ4v) is 8.48. The highest BCUT2D eigenvalue weighted by molar-refractivity contribution is 5.96. The third-order valence-electron chi connectivity index (χ3n) is 12.5. The van der Waals surface area contributed by atoms with Crippen LogP contribution in [0.15, 0.2) is 140 Å². The van der Waals surface area contributed by atoms with Crippen molar-refractivity contribution in [3.8, 4) is 40.9 Å². The maximum Gasteiger partial charge on any atom is 0.471 e. The third-order valence-corrected chi connectivity index (χ3v) is 12.5. The van der Waals surface area contributed by atoms with Gasteiger partial charge in [-0.2, -0.15) is 13.2 Å². The van der Waals surface area contributed by atoms with Crippen molar-refractivity contribution < 1.29 is 56.1 Å². The van der Waals surface area contributed by atoms with Crippen molar-refractivity contribution in [2.24, 2.45) is 0 Å². The van der Waals surface area contributed by atoms with Crippen molar-refractivity contribution >= 4 is 46.8 Å². The lowest BCUT2D eigenvalue weighted by atomic mass is 9.97. The van der Waals surface area contributed by atoms with Gasteiger partial charge in [-0.15, -0.1) is 0 Å². The number of carbonyl (C=O) groups excluding carboxylic acids is 6. The Morgan fingerprint density at radius 3 is 1.57 bits per heavy atom. The fraction of sp³-hybridized carbons (Fsp3) is 0.258. The van der Waals surface area contributed by atoms with Crippen LogP contribution in [0.5, 0.6) is 17.2 Å². The Hall–Kier alpha value is -9.55. The van der Waals surface area contributed by atoms with Crippen LogP contribution >= 0.6 is 0 Å². The first kappa shape index (κ1) is 59.7. The van der Waals surface area contributed by atoms with E-state index in [0.717, 1.165) is 39.1 Å². The van der Waals surface area contributed by atoms with Crippen molar-refractivity contribution in [2.75, 3.05) is 50.3 Å². The molecule has 0 saturated heterocycles. The first-order chi connectivity index (χ1) is 38.1. The summed E-state index contributed by atoms with van der Waals surface area (Å²) in [7, 11) is 3.09. The Morgan fingerprint density at radius 1 is 0.562 bits per heavy atom. The van der Waals surface area contributed by atoms with Gasteiger partial charge in [0.2, 0.25) is 23.6 Å². The van der Waals surface area contributed by atoms with Gasteiger partial charge in [0.25, 0.3) is 5.91 Å². The highest BCUT2D eigenvalue weighted by atomic mass is 19.4. The number of alkyl halides is 3. The van der Waals surface area contributed by atoms with Gasteiger partial charge in [0.05, 0.1) is 44.7 Å². The summed E-state index contributed by atoms with van der Waals surface area (Å²) in [5.74, 6) is 10.6. The van der Waals surface area contributed by atoms with Crippen molar-refractivity contribution in [2.45, 2.75) is 65.3 Å². The van der Waals surface area contributed by atoms with Gasteiger partial charge in [-0.3, -0.25) is 28.8 Å². The maximum atomic E-state index is 13.5. The Bertz CT molecular complexity index is 3320. The van der Waals surface area contributed by atoms with Crippen LogP contribution in [0, 0.1) is 23.7 Å². The van der Waals surface area contributed by atoms with Gasteiger partial charge >= 0.3 is 12.1 Å². The molecule has 18 heteroatoms. The van der Waals surface area contributed by atoms with E-state index in [4.69, 9.17) is 14.2 Å². The second-order valence-corrected chi connectivity index (χ2v) is 17.8. The second-order valence-electron chi connectivity index (χ2n) is 17.8. The minimum Gasteiger partial charge on any atom is -0.497 e. The molecule has 2 aliphatic rings. The molecule has 0 bridgehead atoms. The number of carbonyl (C=O) groups is 6. The van der Waals surface area contributed by atoms with E-state index in [1.807, 2.05) is 79.7 Å². The summed E-state index contributed by atoms with van der Waals surface area (Å²) in [4.78, 5) is 78.3. The standard InChI is InChI=1S/C41H42N4O7.C20H15F3N2O2.CH4/c1-4-42-39(48)27-52-32-17-15-30(16-18-32)41(34-20-19-33(50-2)25-36(34)51-3)44-38(47)22-21-37(46)43-24-23-40(49)45-26-31-11-6-5-9-28(31)13-14-29-10-7-8-12-35(29)45;21-20(22,23)19(27)24-12-11-18(26)25-13-16-7-2-1-5-14(16)9-10-15-6-3-4-8-17(15)25;/h5-12,15-20,25,41H,4,21-24,26-27H2,1-3H3,(H,42,48)(H,43,46)(H,44,47);1-8H,11-13H2,(H,24,27);1H4. The van der Waals surface area contributed by atoms with Crippen molar-refractivity contribution in [3.05, 3.63) is 184 Å². The smallest absolute Gasteiger partial charge is 0.471 e. The van der Waals surface area contributed by atoms with Crippen LogP contribution in [0.4, 0.5) is 24.5 Å². The Kier molecular flexibility index (Phi) is 21.4.